The SMILES string of the molecule is C.C#Cc1ccc(-c2nc3cc(C(=O)N4C[C@H]5CC[C@@H]4[C@@H]5N)cc(OC)c3n2C)c(CC2CC2)n1.CCc1cccnc1-c1nc2cc(C(=O)N3C[C@H]4CC[C@@H]3[C@@H]4N)cc(OC)c2n1C.CCc1ccncc1-c1nc2cc(C(=O)N3C[C@H]4CC[C@@H]3[C@@H]4N)cc(OC)c2n1C.COc1cc(C(=O)N2C[C@H]3CC[C@@H]2[C@@H]3N)cc2nc(-c3ccc(N4CCOCC4)nc3CC3CC3)n(C)c12. The van der Waals surface area contributed by atoms with Crippen LogP contribution in [-0.2, 0) is 58.6 Å². The average Bonchev–Trinajstić information content (AvgIpc) is 1.61. The van der Waals surface area contributed by atoms with Crippen molar-refractivity contribution >= 4 is 73.6 Å². The molecule has 6 saturated carbocycles. The van der Waals surface area contributed by atoms with Gasteiger partial charge >= 0.3 is 0 Å². The number of aromatic nitrogens is 12. The number of piperidine rings is 4. The zero-order valence-electron chi connectivity index (χ0n) is 77.1. The van der Waals surface area contributed by atoms with Gasteiger partial charge in [0.2, 0.25) is 0 Å². The van der Waals surface area contributed by atoms with Gasteiger partial charge in [0.15, 0.2) is 5.82 Å². The minimum absolute atomic E-state index is 0. The lowest BCUT2D eigenvalue weighted by Gasteiger charge is -2.28. The molecule has 12 aromatic rings. The highest BCUT2D eigenvalue weighted by Gasteiger charge is 2.51. The van der Waals surface area contributed by atoms with Gasteiger partial charge in [0.25, 0.3) is 23.6 Å². The second-order valence-corrected chi connectivity index (χ2v) is 38.1. The highest BCUT2D eigenvalue weighted by Crippen LogP contribution is 2.47. The third-order valence-corrected chi connectivity index (χ3v) is 30.5. The molecule has 5 aliphatic heterocycles. The molecule has 12 atom stereocenters. The van der Waals surface area contributed by atoms with E-state index in [1.807, 2.05) is 140 Å². The smallest absolute Gasteiger partial charge is 0.254 e. The standard InChI is InChI=1S/C29H36N6O3.C27H29N5O2.2C23H27N5O2.CH4/c1-33-27-22(14-19(15-24(27)37-2)29(36)35-16-18-5-7-23(35)26(18)30)32-28(33)20-6-8-25(34-9-11-38-12-10-34)31-21(20)13-17-3-4-17;1-4-18-8-9-19(20(29-18)11-15-5-6-15)26-30-21-12-17(13-23(34-3)25(21)31(26)2)27(33)32-14-16-7-10-22(32)24(16)28;1-4-13-7-8-25-11-16(13)22-26-17-9-15(10-19(30-3)21(17)27(22)2)23(29)28-12-14-5-6-18(28)20(14)24;1-4-13-6-5-9-25-20(13)22-26-16-10-15(11-18(30-3)21(16)27(22)2)23(29)28-12-14-7-8-17(28)19(14)24;/h6,8,14-15,17-18,23,26H,3-5,7,9-13,16,30H2,1-2H3;1,8-9,12-13,15-16,22,24H,5-7,10-11,14,28H2,2-3H3;7-11,14,18,20H,4-6,12,24H2,1-3H3;5-6,9-11,14,17,19H,4,7-8,12,24H2,1-3H3;1H4/t18-,23-,26-;16-,22-,24-;14-,18-,20-;14-,17-,19-;/m1111./s1. The Morgan fingerprint density at radius 1 is 0.436 bits per heavy atom. The molecule has 23 rings (SSSR count). The van der Waals surface area contributed by atoms with Crippen molar-refractivity contribution in [3.63, 3.8) is 0 Å². The van der Waals surface area contributed by atoms with E-state index < -0.39 is 0 Å². The molecule has 30 nitrogen and oxygen atoms in total. The van der Waals surface area contributed by atoms with Gasteiger partial charge < -0.3 is 89.4 Å². The topological polar surface area (TPSA) is 358 Å². The molecule has 11 aliphatic rings. The van der Waals surface area contributed by atoms with Gasteiger partial charge in [-0.3, -0.25) is 29.1 Å². The number of hydrogen-bond acceptors (Lipinski definition) is 22. The van der Waals surface area contributed by atoms with E-state index in [9.17, 15) is 19.2 Å². The third kappa shape index (κ3) is 16.2. The van der Waals surface area contributed by atoms with Crippen LogP contribution in [-0.4, -0.2) is 231 Å². The fourth-order valence-corrected chi connectivity index (χ4v) is 22.9. The van der Waals surface area contributed by atoms with Crippen LogP contribution < -0.4 is 46.8 Å². The number of benzene rings is 4. The second kappa shape index (κ2) is 36.5. The highest BCUT2D eigenvalue weighted by molar-refractivity contribution is 6.04. The van der Waals surface area contributed by atoms with E-state index in [0.29, 0.717) is 86.5 Å². The number of hydrogen-bond donors (Lipinski definition) is 4. The Hall–Kier alpha value is -12.4. The minimum atomic E-state index is 0. The maximum Gasteiger partial charge on any atom is 0.254 e. The third-order valence-electron chi connectivity index (χ3n) is 30.5. The summed E-state index contributed by atoms with van der Waals surface area (Å²) in [5.74, 6) is 12.5. The zero-order valence-corrected chi connectivity index (χ0v) is 77.1. The number of likely N-dealkylation sites (tertiary alicyclic amines) is 4. The first-order valence-electron chi connectivity index (χ1n) is 47.2. The molecule has 0 unspecified atom stereocenters. The lowest BCUT2D eigenvalue weighted by molar-refractivity contribution is 0.0693. The number of morpholine rings is 1. The first-order valence-corrected chi connectivity index (χ1v) is 47.2. The Morgan fingerprint density at radius 3 is 1.16 bits per heavy atom. The molecule has 4 amide bonds. The molecule has 5 saturated heterocycles. The van der Waals surface area contributed by atoms with E-state index >= 15 is 0 Å². The van der Waals surface area contributed by atoms with Crippen LogP contribution >= 0.6 is 0 Å². The monoisotopic (exact) mass is 1800 g/mol. The number of pyridine rings is 4. The maximum atomic E-state index is 13.6. The number of fused-ring (bicyclic) bond motifs is 12. The zero-order chi connectivity index (χ0) is 91.5. The van der Waals surface area contributed by atoms with E-state index in [1.165, 1.54) is 31.2 Å². The van der Waals surface area contributed by atoms with Crippen LogP contribution in [0, 0.1) is 47.9 Å². The number of nitrogens with two attached hydrogens (primary N) is 4. The number of methoxy groups -OCH3 is 4. The lowest BCUT2D eigenvalue weighted by Crippen LogP contribution is -2.41. The van der Waals surface area contributed by atoms with E-state index in [0.717, 1.165) is 242 Å². The van der Waals surface area contributed by atoms with Crippen molar-refractivity contribution in [1.29, 1.82) is 0 Å². The molecule has 6 aliphatic carbocycles. The summed E-state index contributed by atoms with van der Waals surface area (Å²) >= 11 is 0. The van der Waals surface area contributed by atoms with Crippen LogP contribution in [0.3, 0.4) is 0 Å². The number of anilines is 1. The summed E-state index contributed by atoms with van der Waals surface area (Å²) in [6, 6.07) is 30.0. The molecular formula is C103H123N21O9. The number of imidazole rings is 4. The predicted octanol–water partition coefficient (Wildman–Crippen LogP) is 12.3. The summed E-state index contributed by atoms with van der Waals surface area (Å²) in [6.07, 6.45) is 28.0. The van der Waals surface area contributed by atoms with Gasteiger partial charge in [0.1, 0.15) is 79.7 Å². The van der Waals surface area contributed by atoms with Crippen molar-refractivity contribution in [2.75, 3.05) is 85.8 Å². The van der Waals surface area contributed by atoms with Gasteiger partial charge in [-0.05, 0) is 234 Å². The summed E-state index contributed by atoms with van der Waals surface area (Å²) in [5, 5.41) is 0. The Balaban J connectivity index is 0.000000115. The normalized spacial score (nSPS) is 23.4. The average molecular weight is 1800 g/mol. The van der Waals surface area contributed by atoms with Gasteiger partial charge in [-0.1, -0.05) is 33.3 Å². The minimum Gasteiger partial charge on any atom is -0.494 e. The fourth-order valence-electron chi connectivity index (χ4n) is 22.9. The molecule has 13 heterocycles. The summed E-state index contributed by atoms with van der Waals surface area (Å²) < 4.78 is 36.6. The van der Waals surface area contributed by atoms with Gasteiger partial charge in [0.05, 0.1) is 75.1 Å². The molecule has 11 fully saturated rings. The first-order chi connectivity index (χ1) is 64.0. The molecule has 8 aromatic heterocycles. The Bertz CT molecular complexity index is 6390. The number of amides is 4. The van der Waals surface area contributed by atoms with Gasteiger partial charge in [-0.2, -0.15) is 0 Å². The second-order valence-electron chi connectivity index (χ2n) is 38.1. The summed E-state index contributed by atoms with van der Waals surface area (Å²) in [6.45, 7) is 10.4. The largest absolute Gasteiger partial charge is 0.494 e. The summed E-state index contributed by atoms with van der Waals surface area (Å²) in [7, 11) is 14.5. The number of rotatable bonds is 19. The lowest BCUT2D eigenvalue weighted by atomic mass is 10.1. The molecule has 0 radical (unpaired) electrons. The quantitative estimate of drug-likeness (QED) is 0.0546. The van der Waals surface area contributed by atoms with Gasteiger partial charge in [-0.15, -0.1) is 6.42 Å². The van der Waals surface area contributed by atoms with Gasteiger partial charge in [0, 0.05) is 173 Å². The molecule has 0 spiro atoms. The van der Waals surface area contributed by atoms with E-state index in [1.54, 1.807) is 40.8 Å². The number of ether oxygens (including phenoxy) is 5. The van der Waals surface area contributed by atoms with Crippen molar-refractivity contribution in [3.05, 3.63) is 160 Å². The van der Waals surface area contributed by atoms with Crippen molar-refractivity contribution in [2.45, 2.75) is 172 Å². The van der Waals surface area contributed by atoms with Crippen LogP contribution in [0.5, 0.6) is 23.0 Å². The predicted molar refractivity (Wildman–Crippen MR) is 513 cm³/mol. The molecule has 8 bridgehead atoms. The molecule has 694 valence electrons. The number of terminal acetylenes is 1. The van der Waals surface area contributed by atoms with E-state index in [4.69, 9.17) is 82.9 Å². The van der Waals surface area contributed by atoms with Crippen LogP contribution in [0.25, 0.3) is 89.8 Å². The van der Waals surface area contributed by atoms with Crippen molar-refractivity contribution < 1.29 is 42.9 Å². The highest BCUT2D eigenvalue weighted by atomic mass is 16.5. The number of nitrogens with zero attached hydrogens (tertiary/aromatic N) is 17. The molecule has 133 heavy (non-hydrogen) atoms. The Kier molecular flexibility index (Phi) is 24.7. The van der Waals surface area contributed by atoms with Gasteiger partial charge in [-0.25, -0.2) is 29.9 Å². The first kappa shape index (κ1) is 89.8. The van der Waals surface area contributed by atoms with Crippen LogP contribution in [0.15, 0.2) is 110 Å². The fraction of sp³-hybridized carbons (Fsp3) is 0.476. The van der Waals surface area contributed by atoms with Crippen molar-refractivity contribution in [1.82, 2.24) is 77.7 Å². The number of carbonyl (C=O) groups is 4. The molecule has 4 aromatic carbocycles. The van der Waals surface area contributed by atoms with Crippen LogP contribution in [0.2, 0.25) is 0 Å². The molecule has 30 heteroatoms. The Labute approximate surface area is 775 Å². The van der Waals surface area contributed by atoms with E-state index in [2.05, 4.69) is 57.4 Å². The summed E-state index contributed by atoms with van der Waals surface area (Å²) in [5.41, 5.74) is 43.1. The van der Waals surface area contributed by atoms with Crippen LogP contribution in [0.1, 0.15) is 168 Å². The summed E-state index contributed by atoms with van der Waals surface area (Å²) in [4.78, 5) is 102. The molecule has 8 N–H and O–H groups in total. The van der Waals surface area contributed by atoms with E-state index in [-0.39, 0.29) is 79.4 Å². The maximum absolute atomic E-state index is 13.6. The van der Waals surface area contributed by atoms with Crippen molar-refractivity contribution in [3.8, 4) is 81.0 Å². The number of aryl methyl sites for hydroxylation is 6. The molecular weight excluding hydrogens is 1680 g/mol. The Morgan fingerprint density at radius 2 is 0.805 bits per heavy atom. The van der Waals surface area contributed by atoms with Crippen molar-refractivity contribution in [2.24, 2.45) is 86.6 Å². The van der Waals surface area contributed by atoms with Crippen LogP contribution in [0.4, 0.5) is 5.82 Å². The number of carbonyl (C=O) groups excluding carboxylic acids is 4.